The summed E-state index contributed by atoms with van der Waals surface area (Å²) < 4.78 is 5.31. The number of benzene rings is 1. The van der Waals surface area contributed by atoms with Crippen LogP contribution in [0.15, 0.2) is 18.2 Å². The Morgan fingerprint density at radius 1 is 1.32 bits per heavy atom. The molecule has 0 saturated carbocycles. The molecule has 19 heavy (non-hydrogen) atoms. The molecule has 5 nitrogen and oxygen atoms in total. The minimum absolute atomic E-state index is 0.0631. The van der Waals surface area contributed by atoms with Crippen molar-refractivity contribution in [3.8, 4) is 0 Å². The third kappa shape index (κ3) is 4.62. The Labute approximate surface area is 124 Å². The average Bonchev–Trinajstić information content (AvgIpc) is 2.39. The number of anilines is 1. The number of Topliss-reactive ketones (excluding diaryl/α,β-unsaturated/α-hetero) is 1. The number of carbonyl (C=O) groups excluding carboxylic acids is 3. The smallest absolute Gasteiger partial charge is 0.315 e. The Morgan fingerprint density at radius 2 is 2.00 bits per heavy atom. The van der Waals surface area contributed by atoms with Gasteiger partial charge in [0.1, 0.15) is 6.42 Å². The standard InChI is InChI=1S/C13H14INO4/c1-3-11(16)9-6-8(14)4-5-10(9)15-12(17)7-13(18)19-2/h4-6H,3,7H2,1-2H3,(H,15,17). The van der Waals surface area contributed by atoms with E-state index in [1.165, 1.54) is 7.11 Å². The van der Waals surface area contributed by atoms with Gasteiger partial charge < -0.3 is 10.1 Å². The Bertz CT molecular complexity index is 513. The van der Waals surface area contributed by atoms with Crippen LogP contribution >= 0.6 is 22.6 Å². The molecule has 0 spiro atoms. The van der Waals surface area contributed by atoms with Gasteiger partial charge >= 0.3 is 5.97 Å². The summed E-state index contributed by atoms with van der Waals surface area (Å²) in [6.45, 7) is 1.75. The van der Waals surface area contributed by atoms with Crippen molar-refractivity contribution < 1.29 is 19.1 Å². The molecule has 1 aromatic carbocycles. The lowest BCUT2D eigenvalue weighted by atomic mass is 10.1. The van der Waals surface area contributed by atoms with E-state index in [4.69, 9.17) is 0 Å². The summed E-state index contributed by atoms with van der Waals surface area (Å²) in [5.41, 5.74) is 0.869. The monoisotopic (exact) mass is 375 g/mol. The first-order chi connectivity index (χ1) is 8.97. The maximum atomic E-state index is 11.8. The molecule has 0 unspecified atom stereocenters. The van der Waals surface area contributed by atoms with Gasteiger partial charge in [0.15, 0.2) is 5.78 Å². The lowest BCUT2D eigenvalue weighted by Gasteiger charge is -2.10. The zero-order valence-corrected chi connectivity index (χ0v) is 12.8. The normalized spacial score (nSPS) is 9.84. The summed E-state index contributed by atoms with van der Waals surface area (Å²) >= 11 is 2.09. The van der Waals surface area contributed by atoms with Crippen LogP contribution in [0, 0.1) is 3.57 Å². The first-order valence-electron chi connectivity index (χ1n) is 5.67. The minimum atomic E-state index is -0.619. The van der Waals surface area contributed by atoms with Crippen molar-refractivity contribution in [2.45, 2.75) is 19.8 Å². The predicted molar refractivity (Wildman–Crippen MR) is 79.0 cm³/mol. The third-order valence-electron chi connectivity index (χ3n) is 2.41. The summed E-state index contributed by atoms with van der Waals surface area (Å²) in [7, 11) is 1.21. The van der Waals surface area contributed by atoms with E-state index in [9.17, 15) is 14.4 Å². The second-order valence-corrected chi connectivity index (χ2v) is 5.01. The maximum Gasteiger partial charge on any atom is 0.315 e. The zero-order valence-electron chi connectivity index (χ0n) is 10.7. The Morgan fingerprint density at radius 3 is 2.58 bits per heavy atom. The van der Waals surface area contributed by atoms with Crippen molar-refractivity contribution in [3.63, 3.8) is 0 Å². The highest BCUT2D eigenvalue weighted by molar-refractivity contribution is 14.1. The number of hydrogen-bond donors (Lipinski definition) is 1. The van der Waals surface area contributed by atoms with Crippen LogP contribution in [-0.4, -0.2) is 24.8 Å². The van der Waals surface area contributed by atoms with E-state index in [0.717, 1.165) is 3.57 Å². The van der Waals surface area contributed by atoms with Gasteiger partial charge in [-0.1, -0.05) is 6.92 Å². The van der Waals surface area contributed by atoms with Crippen LogP contribution in [0.2, 0.25) is 0 Å². The Hall–Kier alpha value is -1.44. The van der Waals surface area contributed by atoms with Crippen molar-refractivity contribution >= 4 is 45.9 Å². The van der Waals surface area contributed by atoms with Crippen LogP contribution in [0.4, 0.5) is 5.69 Å². The fourth-order valence-electron chi connectivity index (χ4n) is 1.44. The summed E-state index contributed by atoms with van der Waals surface area (Å²) in [5.74, 6) is -1.18. The van der Waals surface area contributed by atoms with Gasteiger partial charge in [-0.2, -0.15) is 0 Å². The molecule has 102 valence electrons. The number of nitrogens with one attached hydrogen (secondary N) is 1. The first-order valence-corrected chi connectivity index (χ1v) is 6.75. The van der Waals surface area contributed by atoms with Gasteiger partial charge in [0.05, 0.1) is 12.8 Å². The van der Waals surface area contributed by atoms with E-state index in [1.807, 2.05) is 0 Å². The largest absolute Gasteiger partial charge is 0.469 e. The van der Waals surface area contributed by atoms with Crippen LogP contribution in [-0.2, 0) is 14.3 Å². The van der Waals surface area contributed by atoms with Crippen molar-refractivity contribution in [1.29, 1.82) is 0 Å². The second-order valence-electron chi connectivity index (χ2n) is 3.77. The van der Waals surface area contributed by atoms with E-state index in [1.54, 1.807) is 25.1 Å². The predicted octanol–water partition coefficient (Wildman–Crippen LogP) is 2.39. The van der Waals surface area contributed by atoms with E-state index in [2.05, 4.69) is 32.6 Å². The fourth-order valence-corrected chi connectivity index (χ4v) is 1.94. The van der Waals surface area contributed by atoms with Crippen molar-refractivity contribution in [3.05, 3.63) is 27.3 Å². The molecule has 0 heterocycles. The average molecular weight is 375 g/mol. The topological polar surface area (TPSA) is 72.5 Å². The van der Waals surface area contributed by atoms with Gasteiger partial charge in [0.25, 0.3) is 0 Å². The van der Waals surface area contributed by atoms with Gasteiger partial charge in [-0.15, -0.1) is 0 Å². The maximum absolute atomic E-state index is 11.8. The van der Waals surface area contributed by atoms with E-state index >= 15 is 0 Å². The van der Waals surface area contributed by atoms with Gasteiger partial charge in [0.2, 0.25) is 5.91 Å². The van der Waals surface area contributed by atoms with Gasteiger partial charge in [-0.05, 0) is 40.8 Å². The molecule has 1 amide bonds. The number of carbonyl (C=O) groups is 3. The molecular formula is C13H14INO4. The van der Waals surface area contributed by atoms with Crippen LogP contribution in [0.25, 0.3) is 0 Å². The molecular weight excluding hydrogens is 361 g/mol. The zero-order chi connectivity index (χ0) is 14.4. The number of ether oxygens (including phenoxy) is 1. The summed E-state index contributed by atoms with van der Waals surface area (Å²) in [6, 6.07) is 5.14. The minimum Gasteiger partial charge on any atom is -0.469 e. The molecule has 0 aromatic heterocycles. The number of esters is 1. The fraction of sp³-hybridized carbons (Fsp3) is 0.308. The summed E-state index contributed by atoms with van der Waals surface area (Å²) in [6.07, 6.45) is -0.0256. The number of ketones is 1. The quantitative estimate of drug-likeness (QED) is 0.371. The summed E-state index contributed by atoms with van der Waals surface area (Å²) in [4.78, 5) is 34.4. The molecule has 6 heteroatoms. The molecule has 0 bridgehead atoms. The number of methoxy groups -OCH3 is 1. The lowest BCUT2D eigenvalue weighted by Crippen LogP contribution is -2.19. The van der Waals surface area contributed by atoms with E-state index < -0.39 is 11.9 Å². The summed E-state index contributed by atoms with van der Waals surface area (Å²) in [5, 5.41) is 2.55. The Balaban J connectivity index is 2.91. The highest BCUT2D eigenvalue weighted by Crippen LogP contribution is 2.20. The number of hydrogen-bond acceptors (Lipinski definition) is 4. The van der Waals surface area contributed by atoms with Gasteiger partial charge in [-0.25, -0.2) is 0 Å². The molecule has 0 aliphatic rings. The second kappa shape index (κ2) is 7.22. The van der Waals surface area contributed by atoms with E-state index in [0.29, 0.717) is 17.7 Å². The SMILES string of the molecule is CCC(=O)c1cc(I)ccc1NC(=O)CC(=O)OC. The molecule has 0 aliphatic carbocycles. The molecule has 0 radical (unpaired) electrons. The molecule has 0 saturated heterocycles. The molecule has 0 aliphatic heterocycles. The first kappa shape index (κ1) is 15.6. The van der Waals surface area contributed by atoms with E-state index in [-0.39, 0.29) is 12.2 Å². The van der Waals surface area contributed by atoms with Gasteiger partial charge in [-0.3, -0.25) is 14.4 Å². The molecule has 1 rings (SSSR count). The van der Waals surface area contributed by atoms with Crippen LogP contribution < -0.4 is 5.32 Å². The highest BCUT2D eigenvalue weighted by Gasteiger charge is 2.15. The van der Waals surface area contributed by atoms with Crippen molar-refractivity contribution in [1.82, 2.24) is 0 Å². The Kier molecular flexibility index (Phi) is 5.94. The van der Waals surface area contributed by atoms with Crippen LogP contribution in [0.5, 0.6) is 0 Å². The molecule has 1 N–H and O–H groups in total. The number of amides is 1. The van der Waals surface area contributed by atoms with Gasteiger partial charge in [0, 0.05) is 15.6 Å². The van der Waals surface area contributed by atoms with Crippen LogP contribution in [0.1, 0.15) is 30.1 Å². The van der Waals surface area contributed by atoms with Crippen molar-refractivity contribution in [2.75, 3.05) is 12.4 Å². The van der Waals surface area contributed by atoms with Crippen molar-refractivity contribution in [2.24, 2.45) is 0 Å². The van der Waals surface area contributed by atoms with Crippen LogP contribution in [0.3, 0.4) is 0 Å². The molecule has 0 atom stereocenters. The number of halogens is 1. The third-order valence-corrected chi connectivity index (χ3v) is 3.08. The highest BCUT2D eigenvalue weighted by atomic mass is 127. The molecule has 1 aromatic rings. The lowest BCUT2D eigenvalue weighted by molar-refractivity contribution is -0.142. The molecule has 0 fully saturated rings. The number of rotatable bonds is 5.